The fourth-order valence-corrected chi connectivity index (χ4v) is 8.40. The largest absolute Gasteiger partial charge is 0.462 e. The van der Waals surface area contributed by atoms with Gasteiger partial charge in [0.25, 0.3) is 0 Å². The molecule has 68 heavy (non-hydrogen) atoms. The molecule has 0 radical (unpaired) electrons. The molecule has 0 aromatic heterocycles. The molecule has 3 atom stereocenters. The minimum Gasteiger partial charge on any atom is -0.462 e. The predicted octanol–water partition coefficient (Wildman–Crippen LogP) is 17.9. The third kappa shape index (κ3) is 49.5. The van der Waals surface area contributed by atoms with Crippen LogP contribution in [0.4, 0.5) is 0 Å². The number of nitrogens with one attached hydrogen (secondary N) is 1. The number of ether oxygens (including phenoxy) is 1. The van der Waals surface area contributed by atoms with Crippen LogP contribution in [-0.2, 0) is 14.3 Å². The number of unbranched alkanes of at least 4 members (excludes halogenated alkanes) is 26. The van der Waals surface area contributed by atoms with Crippen LogP contribution in [0.15, 0.2) is 85.1 Å². The number of allylic oxidation sites excluding steroid dienone is 14. The van der Waals surface area contributed by atoms with Crippen molar-refractivity contribution in [1.82, 2.24) is 5.32 Å². The normalized spacial score (nSPS) is 13.8. The fraction of sp³-hybridized carbons (Fsp3) is 0.742. The smallest absolute Gasteiger partial charge is 0.306 e. The Morgan fingerprint density at radius 2 is 0.838 bits per heavy atom. The summed E-state index contributed by atoms with van der Waals surface area (Å²) in [5.74, 6) is -0.568. The van der Waals surface area contributed by atoms with Gasteiger partial charge in [-0.25, -0.2) is 0 Å². The number of esters is 1. The van der Waals surface area contributed by atoms with Crippen LogP contribution in [0.3, 0.4) is 0 Å². The molecule has 0 heterocycles. The molecule has 6 heteroatoms. The molecule has 0 saturated heterocycles. The highest BCUT2D eigenvalue weighted by atomic mass is 16.5. The Bertz CT molecular complexity index is 1290. The van der Waals surface area contributed by atoms with Crippen molar-refractivity contribution in [2.75, 3.05) is 6.61 Å². The summed E-state index contributed by atoms with van der Waals surface area (Å²) < 4.78 is 5.92. The van der Waals surface area contributed by atoms with Crippen molar-refractivity contribution in [3.8, 4) is 0 Å². The number of hydrogen-bond donors (Lipinski definition) is 3. The zero-order chi connectivity index (χ0) is 49.5. The van der Waals surface area contributed by atoms with Gasteiger partial charge in [0.2, 0.25) is 5.91 Å². The van der Waals surface area contributed by atoms with E-state index in [0.29, 0.717) is 25.7 Å². The molecule has 392 valence electrons. The molecule has 3 N–H and O–H groups in total. The summed E-state index contributed by atoms with van der Waals surface area (Å²) in [4.78, 5) is 26.3. The Labute approximate surface area is 421 Å². The number of carbonyl (C=O) groups is 2. The van der Waals surface area contributed by atoms with E-state index in [9.17, 15) is 19.8 Å². The number of carbonyl (C=O) groups excluding carboxylic acids is 2. The van der Waals surface area contributed by atoms with Gasteiger partial charge in [0.05, 0.1) is 25.2 Å². The average molecular weight is 949 g/mol. The van der Waals surface area contributed by atoms with Crippen LogP contribution in [-0.4, -0.2) is 46.9 Å². The van der Waals surface area contributed by atoms with E-state index in [1.807, 2.05) is 0 Å². The van der Waals surface area contributed by atoms with Gasteiger partial charge in [-0.1, -0.05) is 254 Å². The summed E-state index contributed by atoms with van der Waals surface area (Å²) in [5.41, 5.74) is 0. The molecule has 0 aromatic rings. The first-order chi connectivity index (χ1) is 33.5. The van der Waals surface area contributed by atoms with E-state index in [-0.39, 0.29) is 24.9 Å². The van der Waals surface area contributed by atoms with Crippen LogP contribution in [0.25, 0.3) is 0 Å². The van der Waals surface area contributed by atoms with Crippen LogP contribution in [0, 0.1) is 0 Å². The van der Waals surface area contributed by atoms with E-state index in [1.54, 1.807) is 0 Å². The van der Waals surface area contributed by atoms with E-state index in [1.165, 1.54) is 128 Å². The van der Waals surface area contributed by atoms with Gasteiger partial charge in [-0.2, -0.15) is 0 Å². The predicted molar refractivity (Wildman–Crippen MR) is 296 cm³/mol. The van der Waals surface area contributed by atoms with E-state index < -0.39 is 18.2 Å². The Morgan fingerprint density at radius 3 is 1.29 bits per heavy atom. The minimum atomic E-state index is -0.809. The van der Waals surface area contributed by atoms with Gasteiger partial charge in [0, 0.05) is 6.42 Å². The van der Waals surface area contributed by atoms with Crippen molar-refractivity contribution in [3.05, 3.63) is 85.1 Å². The maximum absolute atomic E-state index is 13.3. The molecule has 0 aliphatic heterocycles. The van der Waals surface area contributed by atoms with E-state index >= 15 is 0 Å². The lowest BCUT2D eigenvalue weighted by Crippen LogP contribution is -2.46. The van der Waals surface area contributed by atoms with Gasteiger partial charge in [0.1, 0.15) is 6.10 Å². The SMILES string of the molecule is CC/C=C\C/C=C\C/C=C\C/C=C\C/C=C\CCCC(=O)OC(CCCCC/C=C/C=C/CCCCCCCCC)CC(=O)NC(CO)C(O)CCCCCCCCCCCCCCCCCC. The maximum atomic E-state index is 13.3. The lowest BCUT2D eigenvalue weighted by atomic mass is 10.0. The average Bonchev–Trinajstić information content (AvgIpc) is 3.33. The molecule has 3 unspecified atom stereocenters. The van der Waals surface area contributed by atoms with Crippen LogP contribution in [0.5, 0.6) is 0 Å². The van der Waals surface area contributed by atoms with Gasteiger partial charge in [-0.15, -0.1) is 0 Å². The van der Waals surface area contributed by atoms with Crippen LogP contribution in [0.2, 0.25) is 0 Å². The van der Waals surface area contributed by atoms with Gasteiger partial charge < -0.3 is 20.3 Å². The number of hydrogen-bond acceptors (Lipinski definition) is 5. The number of amides is 1. The summed E-state index contributed by atoms with van der Waals surface area (Å²) in [6.07, 6.45) is 72.2. The van der Waals surface area contributed by atoms with Crippen molar-refractivity contribution in [2.24, 2.45) is 0 Å². The zero-order valence-corrected chi connectivity index (χ0v) is 44.7. The second-order valence-corrected chi connectivity index (χ2v) is 19.3. The van der Waals surface area contributed by atoms with Crippen molar-refractivity contribution in [3.63, 3.8) is 0 Å². The van der Waals surface area contributed by atoms with E-state index in [0.717, 1.165) is 89.9 Å². The van der Waals surface area contributed by atoms with Crippen LogP contribution >= 0.6 is 0 Å². The number of aliphatic hydroxyl groups is 2. The summed E-state index contributed by atoms with van der Waals surface area (Å²) in [6.45, 7) is 6.36. The van der Waals surface area contributed by atoms with Gasteiger partial charge in [0.15, 0.2) is 0 Å². The molecule has 0 saturated carbocycles. The Kier molecular flexibility index (Phi) is 52.6. The molecule has 0 bridgehead atoms. The summed E-state index contributed by atoms with van der Waals surface area (Å²) in [6, 6.07) is -0.727. The lowest BCUT2D eigenvalue weighted by molar-refractivity contribution is -0.151. The van der Waals surface area contributed by atoms with Crippen molar-refractivity contribution in [1.29, 1.82) is 0 Å². The third-order valence-corrected chi connectivity index (χ3v) is 12.7. The molecular formula is C62H109NO5. The topological polar surface area (TPSA) is 95.9 Å². The second-order valence-electron chi connectivity index (χ2n) is 19.3. The molecular weight excluding hydrogens is 839 g/mol. The monoisotopic (exact) mass is 948 g/mol. The van der Waals surface area contributed by atoms with Gasteiger partial charge >= 0.3 is 5.97 Å². The Balaban J connectivity index is 4.69. The lowest BCUT2D eigenvalue weighted by Gasteiger charge is -2.24. The van der Waals surface area contributed by atoms with Crippen molar-refractivity contribution < 1.29 is 24.5 Å². The fourth-order valence-electron chi connectivity index (χ4n) is 8.40. The summed E-state index contributed by atoms with van der Waals surface area (Å²) in [7, 11) is 0. The Hall–Kier alpha value is -2.96. The quantitative estimate of drug-likeness (QED) is 0.0244. The van der Waals surface area contributed by atoms with Gasteiger partial charge in [-0.05, 0) is 89.9 Å². The minimum absolute atomic E-state index is 0.0339. The first kappa shape index (κ1) is 65.0. The second kappa shape index (κ2) is 55.0. The zero-order valence-electron chi connectivity index (χ0n) is 44.7. The first-order valence-electron chi connectivity index (χ1n) is 28.8. The molecule has 6 nitrogen and oxygen atoms in total. The third-order valence-electron chi connectivity index (χ3n) is 12.7. The highest BCUT2D eigenvalue weighted by Gasteiger charge is 2.24. The molecule has 0 aliphatic rings. The molecule has 0 aliphatic carbocycles. The van der Waals surface area contributed by atoms with Gasteiger partial charge in [-0.3, -0.25) is 9.59 Å². The molecule has 0 rings (SSSR count). The first-order valence-corrected chi connectivity index (χ1v) is 28.8. The Morgan fingerprint density at radius 1 is 0.456 bits per heavy atom. The van der Waals surface area contributed by atoms with Crippen molar-refractivity contribution in [2.45, 2.75) is 289 Å². The highest BCUT2D eigenvalue weighted by molar-refractivity contribution is 5.77. The van der Waals surface area contributed by atoms with Crippen LogP contribution < -0.4 is 5.32 Å². The van der Waals surface area contributed by atoms with E-state index in [2.05, 4.69) is 111 Å². The van der Waals surface area contributed by atoms with Crippen LogP contribution in [0.1, 0.15) is 271 Å². The maximum Gasteiger partial charge on any atom is 0.306 e. The highest BCUT2D eigenvalue weighted by Crippen LogP contribution is 2.17. The molecule has 0 fully saturated rings. The molecule has 1 amide bonds. The molecule has 0 spiro atoms. The molecule has 0 aromatic carbocycles. The van der Waals surface area contributed by atoms with E-state index in [4.69, 9.17) is 4.74 Å². The summed E-state index contributed by atoms with van der Waals surface area (Å²) in [5, 5.41) is 23.9. The summed E-state index contributed by atoms with van der Waals surface area (Å²) >= 11 is 0. The standard InChI is InChI=1S/C62H109NO5/c1-4-7-10-13-16-19-22-25-28-31-34-37-40-43-46-49-52-55-62(67)68-58(53-50-47-44-41-38-35-32-29-26-23-20-17-14-11-8-5-2)56-61(66)63-59(57-64)60(65)54-51-48-45-42-39-36-33-30-27-24-21-18-15-12-9-6-3/h7,10,16,19,25,28-29,32,34-35,37-38,43,46,58-60,64-65H,4-6,8-9,11-15,17-18,20-24,26-27,30-31,33,36,39-42,44-45,47-57H2,1-3H3,(H,63,66)/b10-7-,19-16-,28-25-,32-29+,37-34-,38-35+,46-43-. The number of aliphatic hydroxyl groups excluding tert-OH is 2. The number of rotatable bonds is 51. The van der Waals surface area contributed by atoms with Crippen molar-refractivity contribution >= 4 is 11.9 Å².